The topological polar surface area (TPSA) is 51.8 Å². The number of furan rings is 1. The molecule has 1 aliphatic rings. The van der Waals surface area contributed by atoms with Crippen LogP contribution in [0.4, 0.5) is 0 Å². The highest BCUT2D eigenvalue weighted by Crippen LogP contribution is 2.54. The van der Waals surface area contributed by atoms with Crippen LogP contribution in [0.3, 0.4) is 0 Å². The smallest absolute Gasteiger partial charge is 0.164 e. The van der Waals surface area contributed by atoms with Crippen LogP contribution in [0.25, 0.3) is 111 Å². The number of nitrogens with zero attached hydrogens (tertiary/aromatic N) is 3. The maximum absolute atomic E-state index is 6.85. The van der Waals surface area contributed by atoms with E-state index >= 15 is 0 Å². The maximum Gasteiger partial charge on any atom is 0.164 e. The standard InChI is InChI=1S/C54H35N3O/c1-54(2)45-21-10-8-19-41(45)49-46(54)31-44(48-42-20-9-11-22-47(42)58-50(48)49)53-56-51(36-17-12-16-35(29-36)32-13-4-3-5-14-32)55-52(57-53)37-24-23-34-26-27-39-38-18-7-6-15-33(38)25-28-40(39)43(34)30-37/h3-31H,1-2H3. The van der Waals surface area contributed by atoms with E-state index in [0.717, 1.165) is 60.7 Å². The molecule has 0 atom stereocenters. The highest BCUT2D eigenvalue weighted by molar-refractivity contribution is 6.19. The van der Waals surface area contributed by atoms with E-state index in [1.807, 2.05) is 12.1 Å². The number of fused-ring (bicyclic) bond motifs is 12. The summed E-state index contributed by atoms with van der Waals surface area (Å²) in [7, 11) is 0. The van der Waals surface area contributed by atoms with Crippen molar-refractivity contribution in [1.29, 1.82) is 0 Å². The van der Waals surface area contributed by atoms with Crippen molar-refractivity contribution in [3.8, 4) is 56.4 Å². The lowest BCUT2D eigenvalue weighted by molar-refractivity contribution is 0.653. The molecule has 0 aliphatic heterocycles. The van der Waals surface area contributed by atoms with Crippen molar-refractivity contribution in [2.45, 2.75) is 19.3 Å². The fourth-order valence-corrected chi connectivity index (χ4v) is 9.41. The van der Waals surface area contributed by atoms with Crippen LogP contribution >= 0.6 is 0 Å². The molecule has 0 saturated carbocycles. The van der Waals surface area contributed by atoms with Gasteiger partial charge in [0.2, 0.25) is 0 Å². The van der Waals surface area contributed by atoms with Crippen LogP contribution in [0.1, 0.15) is 25.0 Å². The summed E-state index contributed by atoms with van der Waals surface area (Å²) in [5, 5.41) is 9.29. The zero-order valence-electron chi connectivity index (χ0n) is 32.0. The molecule has 11 aromatic rings. The summed E-state index contributed by atoms with van der Waals surface area (Å²) < 4.78 is 6.85. The molecule has 58 heavy (non-hydrogen) atoms. The van der Waals surface area contributed by atoms with E-state index < -0.39 is 0 Å². The zero-order chi connectivity index (χ0) is 38.5. The lowest BCUT2D eigenvalue weighted by atomic mass is 9.81. The number of benzene rings is 9. The normalized spacial score (nSPS) is 13.1. The number of hydrogen-bond donors (Lipinski definition) is 0. The zero-order valence-corrected chi connectivity index (χ0v) is 32.0. The Kier molecular flexibility index (Phi) is 6.94. The number of rotatable bonds is 4. The van der Waals surface area contributed by atoms with Crippen molar-refractivity contribution in [3.63, 3.8) is 0 Å². The average Bonchev–Trinajstić information content (AvgIpc) is 3.78. The lowest BCUT2D eigenvalue weighted by Crippen LogP contribution is -2.15. The van der Waals surface area contributed by atoms with Crippen LogP contribution < -0.4 is 0 Å². The Morgan fingerprint density at radius 2 is 1.02 bits per heavy atom. The minimum atomic E-state index is -0.264. The third-order valence-corrected chi connectivity index (χ3v) is 12.3. The molecule has 2 heterocycles. The van der Waals surface area contributed by atoms with Crippen molar-refractivity contribution in [1.82, 2.24) is 15.0 Å². The molecule has 4 nitrogen and oxygen atoms in total. The highest BCUT2D eigenvalue weighted by atomic mass is 16.3. The van der Waals surface area contributed by atoms with E-state index in [2.05, 4.69) is 178 Å². The quantitative estimate of drug-likeness (QED) is 0.169. The molecule has 2 aromatic heterocycles. The predicted octanol–water partition coefficient (Wildman–Crippen LogP) is 14.2. The second-order valence-electron chi connectivity index (χ2n) is 16.0. The van der Waals surface area contributed by atoms with E-state index in [-0.39, 0.29) is 5.41 Å². The van der Waals surface area contributed by atoms with Gasteiger partial charge in [0.05, 0.1) is 0 Å². The number of aromatic nitrogens is 3. The molecule has 0 radical (unpaired) electrons. The van der Waals surface area contributed by atoms with E-state index in [0.29, 0.717) is 17.5 Å². The first-order chi connectivity index (χ1) is 28.5. The summed E-state index contributed by atoms with van der Waals surface area (Å²) in [6.45, 7) is 4.61. The molecule has 0 saturated heterocycles. The Bertz CT molecular complexity index is 3490. The van der Waals surface area contributed by atoms with Crippen LogP contribution in [-0.4, -0.2) is 15.0 Å². The van der Waals surface area contributed by atoms with Crippen LogP contribution in [0.2, 0.25) is 0 Å². The SMILES string of the molecule is CC1(C)c2ccccc2-c2c1cc(-c1nc(-c3cccc(-c4ccccc4)c3)nc(-c3ccc4ccc5c6ccccc6ccc5c4c3)n1)c1c2oc2ccccc21. The molecule has 0 spiro atoms. The molecule has 0 bridgehead atoms. The molecule has 12 rings (SSSR count). The van der Waals surface area contributed by atoms with Crippen LogP contribution in [0.15, 0.2) is 180 Å². The second kappa shape index (κ2) is 12.3. The van der Waals surface area contributed by atoms with E-state index in [4.69, 9.17) is 19.4 Å². The third-order valence-electron chi connectivity index (χ3n) is 12.3. The van der Waals surface area contributed by atoms with Crippen LogP contribution in [0, 0.1) is 0 Å². The summed E-state index contributed by atoms with van der Waals surface area (Å²) in [5.41, 5.74) is 11.3. The van der Waals surface area contributed by atoms with Gasteiger partial charge < -0.3 is 4.42 Å². The van der Waals surface area contributed by atoms with Gasteiger partial charge in [-0.2, -0.15) is 0 Å². The first kappa shape index (κ1) is 32.8. The van der Waals surface area contributed by atoms with E-state index in [1.54, 1.807) is 0 Å². The van der Waals surface area contributed by atoms with Gasteiger partial charge >= 0.3 is 0 Å². The summed E-state index contributed by atoms with van der Waals surface area (Å²) in [5.74, 6) is 1.85. The first-order valence-electron chi connectivity index (χ1n) is 19.9. The first-order valence-corrected chi connectivity index (χ1v) is 19.9. The van der Waals surface area contributed by atoms with E-state index in [1.165, 1.54) is 43.6 Å². The molecule has 272 valence electrons. The number of para-hydroxylation sites is 1. The molecule has 0 unspecified atom stereocenters. The molecule has 0 N–H and O–H groups in total. The van der Waals surface area contributed by atoms with Crippen molar-refractivity contribution in [2.24, 2.45) is 0 Å². The minimum Gasteiger partial charge on any atom is -0.455 e. The van der Waals surface area contributed by atoms with Gasteiger partial charge in [-0.3, -0.25) is 0 Å². The van der Waals surface area contributed by atoms with Gasteiger partial charge in [-0.15, -0.1) is 0 Å². The average molecular weight is 742 g/mol. The van der Waals surface area contributed by atoms with Crippen molar-refractivity contribution < 1.29 is 4.42 Å². The van der Waals surface area contributed by atoms with Crippen molar-refractivity contribution in [3.05, 3.63) is 187 Å². The van der Waals surface area contributed by atoms with Gasteiger partial charge in [0.25, 0.3) is 0 Å². The Hall–Kier alpha value is -7.43. The van der Waals surface area contributed by atoms with Gasteiger partial charge in [0.15, 0.2) is 17.5 Å². The summed E-state index contributed by atoms with van der Waals surface area (Å²) in [6.07, 6.45) is 0. The fourth-order valence-electron chi connectivity index (χ4n) is 9.41. The van der Waals surface area contributed by atoms with Crippen molar-refractivity contribution >= 4 is 54.3 Å². The molecule has 4 heteroatoms. The maximum atomic E-state index is 6.85. The van der Waals surface area contributed by atoms with E-state index in [9.17, 15) is 0 Å². The Balaban J connectivity index is 1.15. The summed E-state index contributed by atoms with van der Waals surface area (Å²) >= 11 is 0. The lowest BCUT2D eigenvalue weighted by Gasteiger charge is -2.22. The molecular weight excluding hydrogens is 707 g/mol. The predicted molar refractivity (Wildman–Crippen MR) is 239 cm³/mol. The van der Waals surface area contributed by atoms with Gasteiger partial charge in [0, 0.05) is 38.4 Å². The van der Waals surface area contributed by atoms with Gasteiger partial charge in [-0.05, 0) is 84.4 Å². The van der Waals surface area contributed by atoms with Crippen LogP contribution in [-0.2, 0) is 5.41 Å². The van der Waals surface area contributed by atoms with Crippen LogP contribution in [0.5, 0.6) is 0 Å². The van der Waals surface area contributed by atoms with Gasteiger partial charge in [-0.1, -0.05) is 166 Å². The second-order valence-corrected chi connectivity index (χ2v) is 16.0. The Morgan fingerprint density at radius 3 is 1.86 bits per heavy atom. The third kappa shape index (κ3) is 4.85. The Morgan fingerprint density at radius 1 is 0.397 bits per heavy atom. The monoisotopic (exact) mass is 741 g/mol. The molecular formula is C54H35N3O. The largest absolute Gasteiger partial charge is 0.455 e. The van der Waals surface area contributed by atoms with Crippen molar-refractivity contribution in [2.75, 3.05) is 0 Å². The number of hydrogen-bond acceptors (Lipinski definition) is 4. The molecule has 9 aromatic carbocycles. The molecule has 1 aliphatic carbocycles. The summed E-state index contributed by atoms with van der Waals surface area (Å²) in [4.78, 5) is 16.1. The fraction of sp³-hybridized carbons (Fsp3) is 0.0556. The minimum absolute atomic E-state index is 0.264. The molecule has 0 fully saturated rings. The molecule has 0 amide bonds. The Labute approximate surface area is 335 Å². The summed E-state index contributed by atoms with van der Waals surface area (Å²) in [6, 6.07) is 62.4. The van der Waals surface area contributed by atoms with Gasteiger partial charge in [0.1, 0.15) is 11.2 Å². The van der Waals surface area contributed by atoms with Gasteiger partial charge in [-0.25, -0.2) is 15.0 Å². The highest BCUT2D eigenvalue weighted by Gasteiger charge is 2.39.